The van der Waals surface area contributed by atoms with Crippen molar-refractivity contribution in [3.8, 4) is 11.5 Å². The quantitative estimate of drug-likeness (QED) is 0.422. The molecule has 1 fully saturated rings. The molecule has 1 saturated carbocycles. The predicted molar refractivity (Wildman–Crippen MR) is 131 cm³/mol. The highest BCUT2D eigenvalue weighted by Gasteiger charge is 2.34. The molecule has 34 heavy (non-hydrogen) atoms. The van der Waals surface area contributed by atoms with Crippen LogP contribution in [0.4, 0.5) is 0 Å². The van der Waals surface area contributed by atoms with Crippen molar-refractivity contribution in [2.24, 2.45) is 0 Å². The fourth-order valence-electron chi connectivity index (χ4n) is 3.93. The fourth-order valence-corrected chi connectivity index (χ4v) is 4.65. The molecular weight excluding hydrogens is 448 g/mol. The Hall–Kier alpha value is -3.58. The number of carbonyl (C=O) groups is 2. The van der Waals surface area contributed by atoms with E-state index in [1.54, 1.807) is 28.4 Å². The number of amides is 2. The molecule has 2 aromatic carbocycles. The van der Waals surface area contributed by atoms with Gasteiger partial charge < -0.3 is 19.3 Å². The Morgan fingerprint density at radius 2 is 1.79 bits per heavy atom. The summed E-state index contributed by atoms with van der Waals surface area (Å²) < 4.78 is 10.9. The Balaban J connectivity index is 1.31. The van der Waals surface area contributed by atoms with Crippen LogP contribution >= 0.6 is 11.3 Å². The van der Waals surface area contributed by atoms with Crippen molar-refractivity contribution in [1.82, 2.24) is 9.80 Å². The van der Waals surface area contributed by atoms with Crippen molar-refractivity contribution < 1.29 is 19.1 Å². The normalized spacial score (nSPS) is 14.4. The maximum absolute atomic E-state index is 13.5. The fraction of sp³-hybridized carbons (Fsp3) is 0.259. The third-order valence-corrected chi connectivity index (χ3v) is 6.75. The molecule has 174 valence electrons. The minimum Gasteiger partial charge on any atom is -0.454 e. The molecule has 1 aliphatic heterocycles. The number of hydrogen-bond donors (Lipinski definition) is 0. The van der Waals surface area contributed by atoms with Crippen LogP contribution in [0.3, 0.4) is 0 Å². The highest BCUT2D eigenvalue weighted by atomic mass is 32.1. The van der Waals surface area contributed by atoms with Gasteiger partial charge >= 0.3 is 0 Å². The van der Waals surface area contributed by atoms with Gasteiger partial charge in [-0.25, -0.2) is 0 Å². The lowest BCUT2D eigenvalue weighted by molar-refractivity contribution is -0.139. The van der Waals surface area contributed by atoms with E-state index in [-0.39, 0.29) is 31.2 Å². The topological polar surface area (TPSA) is 59.1 Å². The first kappa shape index (κ1) is 22.2. The van der Waals surface area contributed by atoms with Crippen molar-refractivity contribution in [2.75, 3.05) is 13.3 Å². The molecule has 7 heteroatoms. The molecule has 1 aliphatic carbocycles. The summed E-state index contributed by atoms with van der Waals surface area (Å²) in [6.45, 7) is 1.21. The number of carbonyl (C=O) groups excluding carboxylic acids is 2. The van der Waals surface area contributed by atoms with E-state index in [4.69, 9.17) is 9.47 Å². The van der Waals surface area contributed by atoms with Crippen molar-refractivity contribution in [1.29, 1.82) is 0 Å². The SMILES string of the molecule is O=C(CN(C(=O)C=Cc1ccccc1)C1CC1)N(Cc1ccc2c(c1)OCO2)Cc1cccs1. The average Bonchev–Trinajstić information content (AvgIpc) is 3.35. The molecule has 1 aromatic heterocycles. The van der Waals surface area contributed by atoms with Gasteiger partial charge in [0.1, 0.15) is 6.54 Å². The van der Waals surface area contributed by atoms with Gasteiger partial charge in [-0.1, -0.05) is 42.5 Å². The number of rotatable bonds is 9. The van der Waals surface area contributed by atoms with Crippen LogP contribution < -0.4 is 9.47 Å². The van der Waals surface area contributed by atoms with Crippen LogP contribution in [0.15, 0.2) is 72.1 Å². The second-order valence-corrected chi connectivity index (χ2v) is 9.49. The van der Waals surface area contributed by atoms with E-state index in [1.807, 2.05) is 70.9 Å². The van der Waals surface area contributed by atoms with E-state index in [1.165, 1.54) is 0 Å². The molecule has 0 atom stereocenters. The first-order valence-electron chi connectivity index (χ1n) is 11.4. The number of fused-ring (bicyclic) bond motifs is 1. The van der Waals surface area contributed by atoms with Crippen molar-refractivity contribution in [3.63, 3.8) is 0 Å². The highest BCUT2D eigenvalue weighted by molar-refractivity contribution is 7.09. The van der Waals surface area contributed by atoms with Crippen LogP contribution in [0, 0.1) is 0 Å². The first-order valence-corrected chi connectivity index (χ1v) is 12.3. The average molecular weight is 475 g/mol. The minimum absolute atomic E-state index is 0.0680. The van der Waals surface area contributed by atoms with Crippen LogP contribution in [0.25, 0.3) is 6.08 Å². The molecule has 0 N–H and O–H groups in total. The summed E-state index contributed by atoms with van der Waals surface area (Å²) in [5.74, 6) is 1.22. The molecule has 2 aliphatic rings. The summed E-state index contributed by atoms with van der Waals surface area (Å²) in [4.78, 5) is 31.1. The van der Waals surface area contributed by atoms with Crippen LogP contribution in [-0.2, 0) is 22.7 Å². The van der Waals surface area contributed by atoms with E-state index < -0.39 is 0 Å². The lowest BCUT2D eigenvalue weighted by atomic mass is 10.2. The zero-order valence-electron chi connectivity index (χ0n) is 18.8. The van der Waals surface area contributed by atoms with Crippen molar-refractivity contribution in [3.05, 3.63) is 88.1 Å². The highest BCUT2D eigenvalue weighted by Crippen LogP contribution is 2.33. The third kappa shape index (κ3) is 5.48. The summed E-state index contributed by atoms with van der Waals surface area (Å²) in [7, 11) is 0. The summed E-state index contributed by atoms with van der Waals surface area (Å²) in [5.41, 5.74) is 1.92. The van der Waals surface area contributed by atoms with Crippen molar-refractivity contribution in [2.45, 2.75) is 32.0 Å². The standard InChI is InChI=1S/C27H26N2O4S/c30-26(13-9-20-5-2-1-3-6-20)29(22-10-11-22)18-27(31)28(17-23-7-4-14-34-23)16-21-8-12-24-25(15-21)33-19-32-24/h1-9,12-15,22H,10-11,16-19H2. The zero-order valence-corrected chi connectivity index (χ0v) is 19.6. The van der Waals surface area contributed by atoms with Gasteiger partial charge in [-0.05, 0) is 53.6 Å². The summed E-state index contributed by atoms with van der Waals surface area (Å²) in [5, 5.41) is 2.01. The van der Waals surface area contributed by atoms with Crippen LogP contribution in [0.1, 0.15) is 28.8 Å². The van der Waals surface area contributed by atoms with E-state index in [0.717, 1.165) is 34.6 Å². The summed E-state index contributed by atoms with van der Waals surface area (Å²) >= 11 is 1.62. The second kappa shape index (κ2) is 10.1. The molecule has 0 saturated heterocycles. The number of hydrogen-bond acceptors (Lipinski definition) is 5. The van der Waals surface area contributed by atoms with Gasteiger partial charge in [-0.2, -0.15) is 0 Å². The molecule has 2 heterocycles. The first-order chi connectivity index (χ1) is 16.7. The number of ether oxygens (including phenoxy) is 2. The van der Waals surface area contributed by atoms with Gasteiger partial charge in [0.25, 0.3) is 0 Å². The van der Waals surface area contributed by atoms with Crippen LogP contribution in [0.5, 0.6) is 11.5 Å². The molecule has 0 unspecified atom stereocenters. The van der Waals surface area contributed by atoms with Gasteiger partial charge in [0, 0.05) is 23.5 Å². The van der Waals surface area contributed by atoms with Gasteiger partial charge in [0.15, 0.2) is 11.5 Å². The number of benzene rings is 2. The van der Waals surface area contributed by atoms with Crippen LogP contribution in [-0.4, -0.2) is 41.0 Å². The monoisotopic (exact) mass is 474 g/mol. The second-order valence-electron chi connectivity index (χ2n) is 8.46. The smallest absolute Gasteiger partial charge is 0.247 e. The van der Waals surface area contributed by atoms with Crippen LogP contribution in [0.2, 0.25) is 0 Å². The summed E-state index contributed by atoms with van der Waals surface area (Å²) in [6.07, 6.45) is 5.25. The molecule has 0 radical (unpaired) electrons. The van der Waals surface area contributed by atoms with Gasteiger partial charge in [0.05, 0.1) is 6.54 Å². The third-order valence-electron chi connectivity index (χ3n) is 5.88. The summed E-state index contributed by atoms with van der Waals surface area (Å²) in [6, 6.07) is 19.6. The predicted octanol–water partition coefficient (Wildman–Crippen LogP) is 4.71. The Morgan fingerprint density at radius 1 is 0.971 bits per heavy atom. The molecular formula is C27H26N2O4S. The Labute approximate surface area is 203 Å². The Kier molecular flexibility index (Phi) is 6.62. The van der Waals surface area contributed by atoms with Gasteiger partial charge in [-0.3, -0.25) is 9.59 Å². The number of nitrogens with zero attached hydrogens (tertiary/aromatic N) is 2. The maximum atomic E-state index is 13.5. The maximum Gasteiger partial charge on any atom is 0.247 e. The number of thiophene rings is 1. The van der Waals surface area contributed by atoms with Gasteiger partial charge in [-0.15, -0.1) is 11.3 Å². The van der Waals surface area contributed by atoms with E-state index in [9.17, 15) is 9.59 Å². The largest absolute Gasteiger partial charge is 0.454 e. The van der Waals surface area contributed by atoms with Crippen molar-refractivity contribution >= 4 is 29.2 Å². The Morgan fingerprint density at radius 3 is 2.56 bits per heavy atom. The molecule has 5 rings (SSSR count). The van der Waals surface area contributed by atoms with Gasteiger partial charge in [0.2, 0.25) is 18.6 Å². The minimum atomic E-state index is -0.126. The lowest BCUT2D eigenvalue weighted by Crippen LogP contribution is -2.43. The molecule has 6 nitrogen and oxygen atoms in total. The van der Waals surface area contributed by atoms with E-state index in [0.29, 0.717) is 18.8 Å². The Bertz CT molecular complexity index is 1170. The molecule has 0 spiro atoms. The lowest BCUT2D eigenvalue weighted by Gasteiger charge is -2.27. The molecule has 2 amide bonds. The molecule has 3 aromatic rings. The molecule has 0 bridgehead atoms. The van der Waals surface area contributed by atoms with E-state index in [2.05, 4.69) is 0 Å². The van der Waals surface area contributed by atoms with E-state index >= 15 is 0 Å². The zero-order chi connectivity index (χ0) is 23.3.